The summed E-state index contributed by atoms with van der Waals surface area (Å²) in [5.41, 5.74) is 3.44. The van der Waals surface area contributed by atoms with E-state index < -0.39 is 0 Å². The van der Waals surface area contributed by atoms with Crippen molar-refractivity contribution in [1.29, 1.82) is 0 Å². The Morgan fingerprint density at radius 1 is 1.10 bits per heavy atom. The summed E-state index contributed by atoms with van der Waals surface area (Å²) < 4.78 is 5.54. The second kappa shape index (κ2) is 10.2. The molecule has 1 fully saturated rings. The Hall–Kier alpha value is -2.66. The van der Waals surface area contributed by atoms with Gasteiger partial charge in [-0.3, -0.25) is 9.59 Å². The predicted molar refractivity (Wildman–Crippen MR) is 115 cm³/mol. The Morgan fingerprint density at radius 2 is 1.86 bits per heavy atom. The Labute approximate surface area is 172 Å². The van der Waals surface area contributed by atoms with Crippen LogP contribution in [0.3, 0.4) is 0 Å². The normalized spacial score (nSPS) is 16.0. The summed E-state index contributed by atoms with van der Waals surface area (Å²) in [6, 6.07) is 15.5. The third-order valence-electron chi connectivity index (χ3n) is 5.25. The standard InChI is InChI=1S/C24H30N2O3/c1-17(2)19-12-9-18(10-13-19)11-14-23(27)26-22-8-4-3-7-21(22)24(28)25-16-20-6-5-15-29-20/h3-4,7-10,12-13,17,20H,5-6,11,14-16H2,1-2H3,(H,25,28)(H,26,27)/t20-/m1/s1. The molecule has 1 atom stereocenters. The molecule has 0 radical (unpaired) electrons. The first-order chi connectivity index (χ1) is 14.0. The van der Waals surface area contributed by atoms with Crippen LogP contribution in [-0.2, 0) is 16.0 Å². The van der Waals surface area contributed by atoms with Crippen LogP contribution in [0.1, 0.15) is 60.5 Å². The van der Waals surface area contributed by atoms with Crippen LogP contribution in [0.25, 0.3) is 0 Å². The molecule has 1 aliphatic rings. The Balaban J connectivity index is 1.53. The molecule has 1 aliphatic heterocycles. The van der Waals surface area contributed by atoms with Crippen molar-refractivity contribution in [3.8, 4) is 0 Å². The van der Waals surface area contributed by atoms with Crippen LogP contribution in [-0.4, -0.2) is 31.1 Å². The molecular formula is C24H30N2O3. The van der Waals surface area contributed by atoms with Crippen LogP contribution in [0.15, 0.2) is 48.5 Å². The van der Waals surface area contributed by atoms with Crippen LogP contribution in [0.5, 0.6) is 0 Å². The fourth-order valence-electron chi connectivity index (χ4n) is 3.44. The topological polar surface area (TPSA) is 67.4 Å². The van der Waals surface area contributed by atoms with Gasteiger partial charge in [-0.15, -0.1) is 0 Å². The molecule has 2 amide bonds. The van der Waals surface area contributed by atoms with E-state index in [2.05, 4.69) is 48.7 Å². The van der Waals surface area contributed by atoms with Crippen molar-refractivity contribution < 1.29 is 14.3 Å². The van der Waals surface area contributed by atoms with Crippen molar-refractivity contribution in [2.45, 2.75) is 51.6 Å². The van der Waals surface area contributed by atoms with Gasteiger partial charge in [0.25, 0.3) is 5.91 Å². The SMILES string of the molecule is CC(C)c1ccc(CCC(=O)Nc2ccccc2C(=O)NC[C@H]2CCCO2)cc1. The number of hydrogen-bond donors (Lipinski definition) is 2. The number of aryl methyl sites for hydroxylation is 1. The van der Waals surface area contributed by atoms with Gasteiger partial charge < -0.3 is 15.4 Å². The number of ether oxygens (including phenoxy) is 1. The van der Waals surface area contributed by atoms with Crippen molar-refractivity contribution in [1.82, 2.24) is 5.32 Å². The van der Waals surface area contributed by atoms with Crippen molar-refractivity contribution in [2.75, 3.05) is 18.5 Å². The van der Waals surface area contributed by atoms with Crippen LogP contribution in [0, 0.1) is 0 Å². The van der Waals surface area contributed by atoms with E-state index in [4.69, 9.17) is 4.74 Å². The van der Waals surface area contributed by atoms with Gasteiger partial charge >= 0.3 is 0 Å². The molecular weight excluding hydrogens is 364 g/mol. The van der Waals surface area contributed by atoms with Gasteiger partial charge in [-0.25, -0.2) is 0 Å². The molecule has 0 saturated carbocycles. The van der Waals surface area contributed by atoms with E-state index in [1.54, 1.807) is 18.2 Å². The highest BCUT2D eigenvalue weighted by Crippen LogP contribution is 2.18. The highest BCUT2D eigenvalue weighted by atomic mass is 16.5. The predicted octanol–water partition coefficient (Wildman–Crippen LogP) is 4.29. The fourth-order valence-corrected chi connectivity index (χ4v) is 3.44. The molecule has 2 N–H and O–H groups in total. The van der Waals surface area contributed by atoms with E-state index in [-0.39, 0.29) is 17.9 Å². The number of benzene rings is 2. The van der Waals surface area contributed by atoms with Gasteiger partial charge in [-0.2, -0.15) is 0 Å². The molecule has 29 heavy (non-hydrogen) atoms. The average molecular weight is 395 g/mol. The highest BCUT2D eigenvalue weighted by molar-refractivity contribution is 6.03. The number of para-hydroxylation sites is 1. The molecule has 0 aromatic heterocycles. The number of hydrogen-bond acceptors (Lipinski definition) is 3. The average Bonchev–Trinajstić information content (AvgIpc) is 3.25. The minimum atomic E-state index is -0.194. The number of nitrogens with one attached hydrogen (secondary N) is 2. The second-order valence-corrected chi connectivity index (χ2v) is 7.84. The molecule has 0 unspecified atom stereocenters. The minimum Gasteiger partial charge on any atom is -0.376 e. The zero-order chi connectivity index (χ0) is 20.6. The Bertz CT molecular complexity index is 824. The molecule has 0 bridgehead atoms. The summed E-state index contributed by atoms with van der Waals surface area (Å²) >= 11 is 0. The molecule has 0 spiro atoms. The number of amides is 2. The molecule has 2 aromatic carbocycles. The smallest absolute Gasteiger partial charge is 0.253 e. The highest BCUT2D eigenvalue weighted by Gasteiger charge is 2.18. The molecule has 0 aliphatic carbocycles. The molecule has 1 heterocycles. The maximum atomic E-state index is 12.6. The lowest BCUT2D eigenvalue weighted by atomic mass is 10.0. The molecule has 5 heteroatoms. The van der Waals surface area contributed by atoms with E-state index in [1.165, 1.54) is 5.56 Å². The first-order valence-electron chi connectivity index (χ1n) is 10.4. The zero-order valence-corrected chi connectivity index (χ0v) is 17.2. The van der Waals surface area contributed by atoms with E-state index in [1.807, 2.05) is 6.07 Å². The summed E-state index contributed by atoms with van der Waals surface area (Å²) in [6.07, 6.45) is 3.12. The minimum absolute atomic E-state index is 0.0859. The lowest BCUT2D eigenvalue weighted by Gasteiger charge is -2.14. The van der Waals surface area contributed by atoms with Gasteiger partial charge in [0.05, 0.1) is 17.4 Å². The fraction of sp³-hybridized carbons (Fsp3) is 0.417. The quantitative estimate of drug-likeness (QED) is 0.702. The van der Waals surface area contributed by atoms with Gasteiger partial charge in [0.1, 0.15) is 0 Å². The molecule has 2 aromatic rings. The maximum Gasteiger partial charge on any atom is 0.253 e. The lowest BCUT2D eigenvalue weighted by Crippen LogP contribution is -2.32. The van der Waals surface area contributed by atoms with Gasteiger partial charge in [-0.1, -0.05) is 50.2 Å². The van der Waals surface area contributed by atoms with Crippen molar-refractivity contribution in [2.24, 2.45) is 0 Å². The number of rotatable bonds is 8. The zero-order valence-electron chi connectivity index (χ0n) is 17.2. The third kappa shape index (κ3) is 6.16. The van der Waals surface area contributed by atoms with Gasteiger partial charge in [-0.05, 0) is 48.4 Å². The largest absolute Gasteiger partial charge is 0.376 e. The van der Waals surface area contributed by atoms with Crippen molar-refractivity contribution in [3.63, 3.8) is 0 Å². The number of carbonyl (C=O) groups excluding carboxylic acids is 2. The molecule has 5 nitrogen and oxygen atoms in total. The first kappa shape index (κ1) is 21.1. The summed E-state index contributed by atoms with van der Waals surface area (Å²) in [4.78, 5) is 25.0. The monoisotopic (exact) mass is 394 g/mol. The summed E-state index contributed by atoms with van der Waals surface area (Å²) in [7, 11) is 0. The molecule has 154 valence electrons. The van der Waals surface area contributed by atoms with Crippen molar-refractivity contribution in [3.05, 3.63) is 65.2 Å². The summed E-state index contributed by atoms with van der Waals surface area (Å²) in [5, 5.41) is 5.80. The Morgan fingerprint density at radius 3 is 2.55 bits per heavy atom. The number of carbonyl (C=O) groups is 2. The van der Waals surface area contributed by atoms with Crippen LogP contribution in [0.4, 0.5) is 5.69 Å². The van der Waals surface area contributed by atoms with E-state index in [0.29, 0.717) is 36.6 Å². The number of anilines is 1. The second-order valence-electron chi connectivity index (χ2n) is 7.84. The Kier molecular flexibility index (Phi) is 7.42. The van der Waals surface area contributed by atoms with Gasteiger partial charge in [0, 0.05) is 19.6 Å². The lowest BCUT2D eigenvalue weighted by molar-refractivity contribution is -0.116. The van der Waals surface area contributed by atoms with E-state index in [0.717, 1.165) is 25.0 Å². The summed E-state index contributed by atoms with van der Waals surface area (Å²) in [6.45, 7) is 5.58. The summed E-state index contributed by atoms with van der Waals surface area (Å²) in [5.74, 6) is 0.202. The molecule has 1 saturated heterocycles. The van der Waals surface area contributed by atoms with Crippen LogP contribution in [0.2, 0.25) is 0 Å². The molecule has 3 rings (SSSR count). The van der Waals surface area contributed by atoms with Gasteiger partial charge in [0.2, 0.25) is 5.91 Å². The van der Waals surface area contributed by atoms with Crippen molar-refractivity contribution >= 4 is 17.5 Å². The van der Waals surface area contributed by atoms with E-state index in [9.17, 15) is 9.59 Å². The maximum absolute atomic E-state index is 12.6. The first-order valence-corrected chi connectivity index (χ1v) is 10.4. The van der Waals surface area contributed by atoms with E-state index >= 15 is 0 Å². The third-order valence-corrected chi connectivity index (χ3v) is 5.25. The van der Waals surface area contributed by atoms with Gasteiger partial charge in [0.15, 0.2) is 0 Å². The van der Waals surface area contributed by atoms with Crippen LogP contribution >= 0.6 is 0 Å². The van der Waals surface area contributed by atoms with Crippen LogP contribution < -0.4 is 10.6 Å².